The molecule has 3 nitrogen and oxygen atoms in total. The molecule has 1 saturated heterocycles. The number of hydrogen-bond donors (Lipinski definition) is 2. The first-order chi connectivity index (χ1) is 7.55. The van der Waals surface area contributed by atoms with Gasteiger partial charge in [0, 0.05) is 6.54 Å². The molecule has 2 fully saturated rings. The molecule has 2 N–H and O–H groups in total. The lowest BCUT2D eigenvalue weighted by molar-refractivity contribution is -0.0144. The lowest BCUT2D eigenvalue weighted by atomic mass is 10.1. The number of aliphatic hydroxyl groups is 1. The maximum absolute atomic E-state index is 9.43. The van der Waals surface area contributed by atoms with Gasteiger partial charge in [-0.2, -0.15) is 0 Å². The smallest absolute Gasteiger partial charge is 0.0707 e. The summed E-state index contributed by atoms with van der Waals surface area (Å²) in [5.74, 6) is 0.671. The van der Waals surface area contributed by atoms with E-state index in [4.69, 9.17) is 4.74 Å². The van der Waals surface area contributed by atoms with Crippen LogP contribution in [0.3, 0.4) is 0 Å². The summed E-state index contributed by atoms with van der Waals surface area (Å²) in [5, 5.41) is 12.9. The van der Waals surface area contributed by atoms with E-state index in [2.05, 4.69) is 19.2 Å². The van der Waals surface area contributed by atoms with Gasteiger partial charge in [-0.1, -0.05) is 0 Å². The molecule has 0 radical (unpaired) electrons. The molecule has 3 heteroatoms. The molecule has 1 heterocycles. The molecule has 0 bridgehead atoms. The number of hydrogen-bond acceptors (Lipinski definition) is 3. The maximum atomic E-state index is 9.43. The fraction of sp³-hybridized carbons (Fsp3) is 1.00. The van der Waals surface area contributed by atoms with Gasteiger partial charge >= 0.3 is 0 Å². The number of nitrogens with one attached hydrogen (secondary N) is 1. The zero-order valence-corrected chi connectivity index (χ0v) is 10.5. The Labute approximate surface area is 98.6 Å². The van der Waals surface area contributed by atoms with Gasteiger partial charge in [-0.15, -0.1) is 0 Å². The van der Waals surface area contributed by atoms with Crippen molar-refractivity contribution in [1.82, 2.24) is 5.32 Å². The van der Waals surface area contributed by atoms with Crippen molar-refractivity contribution in [3.05, 3.63) is 0 Å². The van der Waals surface area contributed by atoms with E-state index >= 15 is 0 Å². The Morgan fingerprint density at radius 2 is 2.06 bits per heavy atom. The average Bonchev–Trinajstić information content (AvgIpc) is 2.73. The highest BCUT2D eigenvalue weighted by atomic mass is 16.5. The Bertz CT molecular complexity index is 230. The lowest BCUT2D eigenvalue weighted by Crippen LogP contribution is -2.32. The van der Waals surface area contributed by atoms with Crippen LogP contribution < -0.4 is 5.32 Å². The highest BCUT2D eigenvalue weighted by Crippen LogP contribution is 2.29. The Hall–Kier alpha value is -0.120. The fourth-order valence-electron chi connectivity index (χ4n) is 2.90. The van der Waals surface area contributed by atoms with Crippen LogP contribution in [-0.4, -0.2) is 36.0 Å². The van der Waals surface area contributed by atoms with Crippen LogP contribution in [0.5, 0.6) is 0 Å². The van der Waals surface area contributed by atoms with E-state index < -0.39 is 0 Å². The van der Waals surface area contributed by atoms with Gasteiger partial charge in [0.25, 0.3) is 0 Å². The standard InChI is InChI=1S/C13H25NO2/c1-13(2)6-5-12(16-13)9-14-8-10-3-4-11(15)7-10/h10-12,14-15H,3-9H2,1-2H3. The van der Waals surface area contributed by atoms with Crippen molar-refractivity contribution in [3.8, 4) is 0 Å². The average molecular weight is 227 g/mol. The molecule has 0 aromatic carbocycles. The van der Waals surface area contributed by atoms with Gasteiger partial charge in [0.1, 0.15) is 0 Å². The molecule has 0 spiro atoms. The molecule has 0 aromatic heterocycles. The van der Waals surface area contributed by atoms with Crippen LogP contribution in [0, 0.1) is 5.92 Å². The summed E-state index contributed by atoms with van der Waals surface area (Å²) in [5.41, 5.74) is 0.0793. The van der Waals surface area contributed by atoms with Crippen LogP contribution in [0.2, 0.25) is 0 Å². The second-order valence-corrected chi connectivity index (χ2v) is 6.03. The summed E-state index contributed by atoms with van der Waals surface area (Å²) < 4.78 is 5.92. The topological polar surface area (TPSA) is 41.5 Å². The predicted octanol–water partition coefficient (Wildman–Crippen LogP) is 1.69. The molecule has 2 aliphatic rings. The van der Waals surface area contributed by atoms with E-state index in [1.54, 1.807) is 0 Å². The van der Waals surface area contributed by atoms with Crippen LogP contribution in [0.1, 0.15) is 46.0 Å². The minimum absolute atomic E-state index is 0.0477. The Balaban J connectivity index is 1.58. The molecule has 94 valence electrons. The van der Waals surface area contributed by atoms with Crippen LogP contribution in [0.25, 0.3) is 0 Å². The molecular weight excluding hydrogens is 202 g/mol. The van der Waals surface area contributed by atoms with Gasteiger partial charge in [0.2, 0.25) is 0 Å². The minimum Gasteiger partial charge on any atom is -0.393 e. The molecule has 1 aliphatic heterocycles. The van der Waals surface area contributed by atoms with Gasteiger partial charge in [0.15, 0.2) is 0 Å². The number of ether oxygens (including phenoxy) is 1. The monoisotopic (exact) mass is 227 g/mol. The van der Waals surface area contributed by atoms with Gasteiger partial charge in [-0.25, -0.2) is 0 Å². The molecule has 16 heavy (non-hydrogen) atoms. The molecule has 2 rings (SSSR count). The van der Waals surface area contributed by atoms with E-state index in [1.165, 1.54) is 19.3 Å². The van der Waals surface area contributed by atoms with Gasteiger partial charge < -0.3 is 15.2 Å². The Morgan fingerprint density at radius 1 is 1.25 bits per heavy atom. The van der Waals surface area contributed by atoms with Crippen LogP contribution in [0.15, 0.2) is 0 Å². The number of rotatable bonds is 4. The molecule has 1 aliphatic carbocycles. The maximum Gasteiger partial charge on any atom is 0.0707 e. The van der Waals surface area contributed by atoms with Crippen molar-refractivity contribution in [1.29, 1.82) is 0 Å². The lowest BCUT2D eigenvalue weighted by Gasteiger charge is -2.20. The van der Waals surface area contributed by atoms with Crippen molar-refractivity contribution in [3.63, 3.8) is 0 Å². The summed E-state index contributed by atoms with van der Waals surface area (Å²) in [7, 11) is 0. The molecule has 0 amide bonds. The molecular formula is C13H25NO2. The molecule has 1 saturated carbocycles. The summed E-state index contributed by atoms with van der Waals surface area (Å²) in [4.78, 5) is 0. The third-order valence-electron chi connectivity index (χ3n) is 3.87. The molecule has 3 atom stereocenters. The third kappa shape index (κ3) is 3.44. The number of aliphatic hydroxyl groups excluding tert-OH is 1. The zero-order valence-electron chi connectivity index (χ0n) is 10.5. The first-order valence-electron chi connectivity index (χ1n) is 6.62. The van der Waals surface area contributed by atoms with Crippen molar-refractivity contribution < 1.29 is 9.84 Å². The first-order valence-corrected chi connectivity index (χ1v) is 6.62. The van der Waals surface area contributed by atoms with Gasteiger partial charge in [-0.05, 0) is 58.4 Å². The summed E-state index contributed by atoms with van der Waals surface area (Å²) in [6.07, 6.45) is 5.82. The third-order valence-corrected chi connectivity index (χ3v) is 3.87. The van der Waals surface area contributed by atoms with Crippen LogP contribution in [-0.2, 0) is 4.74 Å². The second kappa shape index (κ2) is 5.03. The first kappa shape index (κ1) is 12.3. The SMILES string of the molecule is CC1(C)CCC(CNCC2CCC(O)C2)O1. The quantitative estimate of drug-likeness (QED) is 0.768. The zero-order chi connectivity index (χ0) is 11.6. The highest BCUT2D eigenvalue weighted by Gasteiger charge is 2.31. The van der Waals surface area contributed by atoms with Crippen molar-refractivity contribution in [2.75, 3.05) is 13.1 Å². The van der Waals surface area contributed by atoms with Crippen molar-refractivity contribution in [2.45, 2.75) is 63.8 Å². The summed E-state index contributed by atoms with van der Waals surface area (Å²) >= 11 is 0. The van der Waals surface area contributed by atoms with Gasteiger partial charge in [0.05, 0.1) is 17.8 Å². The van der Waals surface area contributed by atoms with Crippen LogP contribution in [0.4, 0.5) is 0 Å². The van der Waals surface area contributed by atoms with Crippen molar-refractivity contribution in [2.24, 2.45) is 5.92 Å². The van der Waals surface area contributed by atoms with E-state index in [9.17, 15) is 5.11 Å². The van der Waals surface area contributed by atoms with E-state index in [0.717, 1.165) is 25.9 Å². The molecule has 3 unspecified atom stereocenters. The van der Waals surface area contributed by atoms with Crippen molar-refractivity contribution >= 4 is 0 Å². The van der Waals surface area contributed by atoms with Crippen LogP contribution >= 0.6 is 0 Å². The van der Waals surface area contributed by atoms with Gasteiger partial charge in [-0.3, -0.25) is 0 Å². The Kier molecular flexibility index (Phi) is 3.88. The summed E-state index contributed by atoms with van der Waals surface area (Å²) in [6, 6.07) is 0. The van der Waals surface area contributed by atoms with E-state index in [-0.39, 0.29) is 11.7 Å². The summed E-state index contributed by atoms with van der Waals surface area (Å²) in [6.45, 7) is 6.34. The minimum atomic E-state index is -0.0477. The fourth-order valence-corrected chi connectivity index (χ4v) is 2.90. The predicted molar refractivity (Wildman–Crippen MR) is 64.4 cm³/mol. The second-order valence-electron chi connectivity index (χ2n) is 6.03. The Morgan fingerprint density at radius 3 is 2.62 bits per heavy atom. The normalized spacial score (nSPS) is 38.1. The highest BCUT2D eigenvalue weighted by molar-refractivity contribution is 4.83. The largest absolute Gasteiger partial charge is 0.393 e. The van der Waals surface area contributed by atoms with E-state index in [1.807, 2.05) is 0 Å². The van der Waals surface area contributed by atoms with E-state index in [0.29, 0.717) is 12.0 Å². The molecule has 0 aromatic rings.